The Balaban J connectivity index is 1.36. The fourth-order valence-electron chi connectivity index (χ4n) is 4.74. The lowest BCUT2D eigenvalue weighted by Gasteiger charge is -2.29. The molecule has 5 nitrogen and oxygen atoms in total. The van der Waals surface area contributed by atoms with E-state index in [1.807, 2.05) is 11.8 Å². The molecule has 2 amide bonds. The molecule has 3 fully saturated rings. The second kappa shape index (κ2) is 6.64. The number of carbonyl (C=O) groups is 1. The van der Waals surface area contributed by atoms with Gasteiger partial charge in [-0.3, -0.25) is 0 Å². The SMILES string of the molecule is Cc1nc(COC[C@@]23CCC[C@@H]2CN(C(=O)N2CCCC2)C3)cs1. The number of hydrogen-bond donors (Lipinski definition) is 0. The number of ether oxygens (including phenoxy) is 1. The number of carbonyl (C=O) groups excluding carboxylic acids is 1. The Bertz CT molecular complexity index is 599. The van der Waals surface area contributed by atoms with E-state index in [-0.39, 0.29) is 11.4 Å². The van der Waals surface area contributed by atoms with Crippen LogP contribution in [0, 0.1) is 18.3 Å². The maximum absolute atomic E-state index is 12.7. The number of fused-ring (bicyclic) bond motifs is 1. The van der Waals surface area contributed by atoms with E-state index in [2.05, 4.69) is 15.3 Å². The summed E-state index contributed by atoms with van der Waals surface area (Å²) in [6, 6.07) is 0.261. The van der Waals surface area contributed by atoms with Crippen molar-refractivity contribution in [1.82, 2.24) is 14.8 Å². The van der Waals surface area contributed by atoms with Crippen molar-refractivity contribution in [1.29, 1.82) is 0 Å². The maximum Gasteiger partial charge on any atom is 0.320 e. The van der Waals surface area contributed by atoms with Gasteiger partial charge >= 0.3 is 6.03 Å². The van der Waals surface area contributed by atoms with E-state index in [1.165, 1.54) is 19.3 Å². The minimum Gasteiger partial charge on any atom is -0.374 e. The summed E-state index contributed by atoms with van der Waals surface area (Å²) in [5, 5.41) is 3.17. The maximum atomic E-state index is 12.7. The van der Waals surface area contributed by atoms with Gasteiger partial charge in [-0.05, 0) is 38.5 Å². The Hall–Kier alpha value is -1.14. The van der Waals surface area contributed by atoms with Crippen molar-refractivity contribution < 1.29 is 9.53 Å². The molecule has 0 unspecified atom stereocenters. The molecule has 0 bridgehead atoms. The van der Waals surface area contributed by atoms with Gasteiger partial charge < -0.3 is 14.5 Å². The lowest BCUT2D eigenvalue weighted by Crippen LogP contribution is -2.42. The van der Waals surface area contributed by atoms with Gasteiger partial charge in [-0.25, -0.2) is 9.78 Å². The van der Waals surface area contributed by atoms with E-state index in [0.717, 1.165) is 56.3 Å². The molecule has 24 heavy (non-hydrogen) atoms. The van der Waals surface area contributed by atoms with Gasteiger partial charge in [0.05, 0.1) is 23.9 Å². The van der Waals surface area contributed by atoms with Crippen LogP contribution in [0.1, 0.15) is 42.8 Å². The summed E-state index contributed by atoms with van der Waals surface area (Å²) >= 11 is 1.67. The van der Waals surface area contributed by atoms with Crippen LogP contribution in [0.2, 0.25) is 0 Å². The zero-order valence-corrected chi connectivity index (χ0v) is 15.3. The molecule has 2 aliphatic heterocycles. The van der Waals surface area contributed by atoms with E-state index in [0.29, 0.717) is 12.5 Å². The summed E-state index contributed by atoms with van der Waals surface area (Å²) < 4.78 is 6.07. The standard InChI is InChI=1S/C18H27N3O2S/c1-14-19-16(11-24-14)10-23-13-18-6-4-5-15(18)9-21(12-18)17(22)20-7-2-3-8-20/h11,15H,2-10,12-13H2,1H3/t15-,18+/m1/s1. The van der Waals surface area contributed by atoms with E-state index in [4.69, 9.17) is 4.74 Å². The molecule has 2 saturated heterocycles. The third-order valence-electron chi connectivity index (χ3n) is 5.99. The summed E-state index contributed by atoms with van der Waals surface area (Å²) in [6.45, 7) is 7.06. The molecule has 6 heteroatoms. The molecular weight excluding hydrogens is 322 g/mol. The molecule has 3 heterocycles. The first-order chi connectivity index (χ1) is 11.7. The van der Waals surface area contributed by atoms with Gasteiger partial charge in [-0.1, -0.05) is 6.42 Å². The average Bonchev–Trinajstić information content (AvgIpc) is 3.29. The molecule has 0 aromatic carbocycles. The highest BCUT2D eigenvalue weighted by Crippen LogP contribution is 2.49. The second-order valence-electron chi connectivity index (χ2n) is 7.66. The van der Waals surface area contributed by atoms with Crippen LogP contribution in [-0.4, -0.2) is 53.6 Å². The Kier molecular flexibility index (Phi) is 4.52. The molecule has 3 aliphatic rings. The monoisotopic (exact) mass is 349 g/mol. The Morgan fingerprint density at radius 2 is 2.21 bits per heavy atom. The van der Waals surface area contributed by atoms with Crippen molar-refractivity contribution in [2.45, 2.75) is 45.6 Å². The number of likely N-dealkylation sites (tertiary alicyclic amines) is 2. The predicted octanol–water partition coefficient (Wildman–Crippen LogP) is 3.29. The summed E-state index contributed by atoms with van der Waals surface area (Å²) in [5.41, 5.74) is 1.21. The Morgan fingerprint density at radius 1 is 1.38 bits per heavy atom. The molecular formula is C18H27N3O2S. The van der Waals surface area contributed by atoms with Crippen LogP contribution in [0.4, 0.5) is 4.79 Å². The number of thiazole rings is 1. The van der Waals surface area contributed by atoms with E-state index < -0.39 is 0 Å². The predicted molar refractivity (Wildman–Crippen MR) is 94.1 cm³/mol. The first-order valence-electron chi connectivity index (χ1n) is 9.19. The molecule has 4 rings (SSSR count). The molecule has 2 atom stereocenters. The van der Waals surface area contributed by atoms with Crippen molar-refractivity contribution in [3.63, 3.8) is 0 Å². The number of urea groups is 1. The van der Waals surface area contributed by atoms with Gasteiger partial charge in [0.2, 0.25) is 0 Å². The van der Waals surface area contributed by atoms with Crippen LogP contribution < -0.4 is 0 Å². The lowest BCUT2D eigenvalue weighted by molar-refractivity contribution is 0.0264. The minimum absolute atomic E-state index is 0.181. The van der Waals surface area contributed by atoms with Crippen LogP contribution in [0.15, 0.2) is 5.38 Å². The average molecular weight is 350 g/mol. The van der Waals surface area contributed by atoms with Crippen molar-refractivity contribution >= 4 is 17.4 Å². The lowest BCUT2D eigenvalue weighted by atomic mass is 9.82. The molecule has 1 aromatic heterocycles. The summed E-state index contributed by atoms with van der Waals surface area (Å²) in [7, 11) is 0. The molecule has 0 N–H and O–H groups in total. The fourth-order valence-corrected chi connectivity index (χ4v) is 5.34. The summed E-state index contributed by atoms with van der Waals surface area (Å²) in [6.07, 6.45) is 6.02. The largest absolute Gasteiger partial charge is 0.374 e. The van der Waals surface area contributed by atoms with Crippen LogP contribution in [-0.2, 0) is 11.3 Å². The van der Waals surface area contributed by atoms with Gasteiger partial charge in [0.1, 0.15) is 0 Å². The van der Waals surface area contributed by atoms with Gasteiger partial charge in [0.15, 0.2) is 0 Å². The molecule has 132 valence electrons. The second-order valence-corrected chi connectivity index (χ2v) is 8.72. The van der Waals surface area contributed by atoms with Crippen LogP contribution in [0.25, 0.3) is 0 Å². The third-order valence-corrected chi connectivity index (χ3v) is 6.82. The number of aromatic nitrogens is 1. The van der Waals surface area contributed by atoms with E-state index in [1.54, 1.807) is 11.3 Å². The zero-order chi connectivity index (χ0) is 16.6. The third kappa shape index (κ3) is 3.06. The number of hydrogen-bond acceptors (Lipinski definition) is 4. The highest BCUT2D eigenvalue weighted by molar-refractivity contribution is 7.09. The quantitative estimate of drug-likeness (QED) is 0.838. The van der Waals surface area contributed by atoms with Crippen molar-refractivity contribution in [2.75, 3.05) is 32.8 Å². The first kappa shape index (κ1) is 16.3. The molecule has 1 aliphatic carbocycles. The van der Waals surface area contributed by atoms with E-state index in [9.17, 15) is 4.79 Å². The number of amides is 2. The van der Waals surface area contributed by atoms with Gasteiger partial charge in [-0.2, -0.15) is 0 Å². The normalized spacial score (nSPS) is 29.5. The van der Waals surface area contributed by atoms with Crippen molar-refractivity contribution in [3.05, 3.63) is 16.1 Å². The molecule has 1 aromatic rings. The Morgan fingerprint density at radius 3 is 2.96 bits per heavy atom. The fraction of sp³-hybridized carbons (Fsp3) is 0.778. The summed E-state index contributed by atoms with van der Waals surface area (Å²) in [5.74, 6) is 0.612. The van der Waals surface area contributed by atoms with Crippen molar-refractivity contribution in [2.24, 2.45) is 11.3 Å². The molecule has 0 spiro atoms. The van der Waals surface area contributed by atoms with Gasteiger partial charge in [0.25, 0.3) is 0 Å². The minimum atomic E-state index is 0.181. The van der Waals surface area contributed by atoms with Crippen LogP contribution >= 0.6 is 11.3 Å². The number of nitrogens with zero attached hydrogens (tertiary/aromatic N) is 3. The van der Waals surface area contributed by atoms with Gasteiger partial charge in [0, 0.05) is 37.0 Å². The number of aryl methyl sites for hydroxylation is 1. The van der Waals surface area contributed by atoms with Crippen molar-refractivity contribution in [3.8, 4) is 0 Å². The summed E-state index contributed by atoms with van der Waals surface area (Å²) in [4.78, 5) is 21.3. The highest BCUT2D eigenvalue weighted by atomic mass is 32.1. The van der Waals surface area contributed by atoms with E-state index >= 15 is 0 Å². The molecule has 1 saturated carbocycles. The topological polar surface area (TPSA) is 45.7 Å². The van der Waals surface area contributed by atoms with Crippen LogP contribution in [0.5, 0.6) is 0 Å². The molecule has 0 radical (unpaired) electrons. The smallest absolute Gasteiger partial charge is 0.320 e. The highest BCUT2D eigenvalue weighted by Gasteiger charge is 2.51. The Labute approximate surface area is 148 Å². The van der Waals surface area contributed by atoms with Gasteiger partial charge in [-0.15, -0.1) is 11.3 Å². The zero-order valence-electron chi connectivity index (χ0n) is 14.5. The first-order valence-corrected chi connectivity index (χ1v) is 10.1. The number of rotatable bonds is 4. The van der Waals surface area contributed by atoms with Crippen LogP contribution in [0.3, 0.4) is 0 Å².